The van der Waals surface area contributed by atoms with Gasteiger partial charge in [-0.3, -0.25) is 15.0 Å². The number of benzene rings is 1. The van der Waals surface area contributed by atoms with Gasteiger partial charge in [0, 0.05) is 36.6 Å². The number of nitrogens with one attached hydrogen (secondary N) is 2. The lowest BCUT2D eigenvalue weighted by molar-refractivity contribution is -0.128. The minimum absolute atomic E-state index is 0.0531. The van der Waals surface area contributed by atoms with Crippen molar-refractivity contribution >= 4 is 29.0 Å². The highest BCUT2D eigenvalue weighted by Gasteiger charge is 2.34. The molecule has 4 N–H and O–H groups in total. The van der Waals surface area contributed by atoms with Crippen molar-refractivity contribution in [3.05, 3.63) is 53.7 Å². The van der Waals surface area contributed by atoms with Gasteiger partial charge in [-0.15, -0.1) is 0 Å². The van der Waals surface area contributed by atoms with Gasteiger partial charge in [-0.05, 0) is 36.2 Å². The van der Waals surface area contributed by atoms with Crippen molar-refractivity contribution in [2.75, 3.05) is 18.9 Å². The second kappa shape index (κ2) is 7.92. The van der Waals surface area contributed by atoms with Gasteiger partial charge in [-0.2, -0.15) is 0 Å². The summed E-state index contributed by atoms with van der Waals surface area (Å²) in [6.45, 7) is 2.74. The second-order valence-corrected chi connectivity index (χ2v) is 6.79. The maximum Gasteiger partial charge on any atom is 0.267 e. The fraction of sp³-hybridized carbons (Fsp3) is 0.238. The molecule has 1 saturated heterocycles. The molecule has 0 radical (unpaired) electrons. The highest BCUT2D eigenvalue weighted by Crippen LogP contribution is 2.23. The third-order valence-electron chi connectivity index (χ3n) is 4.59. The van der Waals surface area contributed by atoms with Gasteiger partial charge in [0.15, 0.2) is 0 Å². The number of anilines is 2. The summed E-state index contributed by atoms with van der Waals surface area (Å²) in [6.07, 6.45) is 1.56. The van der Waals surface area contributed by atoms with Crippen molar-refractivity contribution in [1.82, 2.24) is 9.88 Å². The third kappa shape index (κ3) is 4.01. The number of hydrogen-bond acceptors (Lipinski definition) is 5. The average molecular weight is 375 g/mol. The van der Waals surface area contributed by atoms with Gasteiger partial charge in [-0.1, -0.05) is 24.8 Å². The Hall–Kier alpha value is -3.66. The van der Waals surface area contributed by atoms with Crippen LogP contribution >= 0.6 is 0 Å². The third-order valence-corrected chi connectivity index (χ3v) is 4.59. The molecule has 0 bridgehead atoms. The summed E-state index contributed by atoms with van der Waals surface area (Å²) in [5.74, 6) is 5.65. The molecule has 3 rings (SSSR count). The van der Waals surface area contributed by atoms with Gasteiger partial charge in [0.05, 0.1) is 0 Å². The molecule has 7 nitrogen and oxygen atoms in total. The lowest BCUT2D eigenvalue weighted by atomic mass is 9.98. The molecule has 1 fully saturated rings. The molecule has 28 heavy (non-hydrogen) atoms. The number of nitrogens with zero attached hydrogens (tertiary/aromatic N) is 2. The first-order valence-corrected chi connectivity index (χ1v) is 8.84. The van der Waals surface area contributed by atoms with Crippen LogP contribution in [0, 0.1) is 29.1 Å². The van der Waals surface area contributed by atoms with Crippen molar-refractivity contribution in [2.24, 2.45) is 17.6 Å². The first kappa shape index (κ1) is 19.1. The Morgan fingerprint density at radius 1 is 1.36 bits per heavy atom. The molecule has 1 aliphatic heterocycles. The molecule has 2 amide bonds. The predicted molar refractivity (Wildman–Crippen MR) is 107 cm³/mol. The van der Waals surface area contributed by atoms with Crippen LogP contribution in [0.4, 0.5) is 11.5 Å². The summed E-state index contributed by atoms with van der Waals surface area (Å²) in [5.41, 5.74) is 6.67. The van der Waals surface area contributed by atoms with Gasteiger partial charge in [0.2, 0.25) is 5.91 Å². The van der Waals surface area contributed by atoms with Crippen molar-refractivity contribution in [1.29, 1.82) is 5.41 Å². The highest BCUT2D eigenvalue weighted by atomic mass is 16.2. The zero-order valence-electron chi connectivity index (χ0n) is 15.7. The Kier molecular flexibility index (Phi) is 5.41. The number of likely N-dealkylation sites (tertiary alicyclic amines) is 1. The zero-order chi connectivity index (χ0) is 20.3. The summed E-state index contributed by atoms with van der Waals surface area (Å²) in [7, 11) is 1.79. The van der Waals surface area contributed by atoms with E-state index in [4.69, 9.17) is 11.1 Å². The summed E-state index contributed by atoms with van der Waals surface area (Å²) in [6, 6.07) is 10.6. The van der Waals surface area contributed by atoms with Crippen LogP contribution in [0.25, 0.3) is 0 Å². The van der Waals surface area contributed by atoms with Crippen LogP contribution in [-0.4, -0.2) is 41.0 Å². The monoisotopic (exact) mass is 375 g/mol. The van der Waals surface area contributed by atoms with E-state index >= 15 is 0 Å². The van der Waals surface area contributed by atoms with E-state index in [2.05, 4.69) is 22.1 Å². The molecule has 2 aromatic rings. The Balaban J connectivity index is 1.83. The van der Waals surface area contributed by atoms with E-state index in [-0.39, 0.29) is 23.5 Å². The van der Waals surface area contributed by atoms with Crippen LogP contribution in [0.3, 0.4) is 0 Å². The Labute approximate surface area is 163 Å². The molecule has 1 aliphatic rings. The maximum absolute atomic E-state index is 12.1. The van der Waals surface area contributed by atoms with Crippen LogP contribution < -0.4 is 11.1 Å². The van der Waals surface area contributed by atoms with Crippen LogP contribution in [0.1, 0.15) is 18.1 Å². The lowest BCUT2D eigenvalue weighted by Gasteiger charge is -2.10. The van der Waals surface area contributed by atoms with Gasteiger partial charge in [0.1, 0.15) is 17.4 Å². The van der Waals surface area contributed by atoms with E-state index in [1.54, 1.807) is 30.3 Å². The maximum atomic E-state index is 12.1. The fourth-order valence-corrected chi connectivity index (χ4v) is 3.12. The fourth-order valence-electron chi connectivity index (χ4n) is 3.12. The molecule has 1 aromatic carbocycles. The number of primary amides is 1. The molecule has 7 heteroatoms. The van der Waals surface area contributed by atoms with Crippen molar-refractivity contribution in [3.8, 4) is 11.8 Å². The normalized spacial score (nSPS) is 18.4. The largest absolute Gasteiger partial charge is 0.364 e. The molecule has 142 valence electrons. The van der Waals surface area contributed by atoms with E-state index in [0.717, 1.165) is 5.56 Å². The minimum atomic E-state index is -0.823. The summed E-state index contributed by atoms with van der Waals surface area (Å²) in [4.78, 5) is 29.4. The molecular weight excluding hydrogens is 354 g/mol. The van der Waals surface area contributed by atoms with Crippen LogP contribution in [0.15, 0.2) is 42.6 Å². The van der Waals surface area contributed by atoms with Crippen LogP contribution in [0.2, 0.25) is 0 Å². The van der Waals surface area contributed by atoms with E-state index in [1.807, 2.05) is 31.2 Å². The minimum Gasteiger partial charge on any atom is -0.364 e. The lowest BCUT2D eigenvalue weighted by Crippen LogP contribution is -2.24. The van der Waals surface area contributed by atoms with E-state index < -0.39 is 5.91 Å². The molecule has 0 aliphatic carbocycles. The van der Waals surface area contributed by atoms with Gasteiger partial charge in [-0.25, -0.2) is 4.98 Å². The smallest absolute Gasteiger partial charge is 0.267 e. The Morgan fingerprint density at radius 3 is 2.82 bits per heavy atom. The molecule has 0 saturated carbocycles. The van der Waals surface area contributed by atoms with Gasteiger partial charge >= 0.3 is 0 Å². The summed E-state index contributed by atoms with van der Waals surface area (Å²) in [5, 5.41) is 10.9. The second-order valence-electron chi connectivity index (χ2n) is 6.79. The standard InChI is InChI=1S/C21H21N5O2/c1-13-12-26(2)21(28)16(13)9-8-14-5-3-6-15(11-14)25-20-17(7-4-10-24-20)18(22)19(23)27/h3-7,10-11,13,16,22H,12H2,1-2H3,(H2,23,27)(H,24,25)/t13-,16?/m1/s1. The zero-order valence-corrected chi connectivity index (χ0v) is 15.7. The van der Waals surface area contributed by atoms with Crippen molar-refractivity contribution in [3.63, 3.8) is 0 Å². The van der Waals surface area contributed by atoms with Gasteiger partial charge in [0.25, 0.3) is 5.91 Å². The quantitative estimate of drug-likeness (QED) is 0.558. The van der Waals surface area contributed by atoms with Crippen LogP contribution in [0.5, 0.6) is 0 Å². The number of aromatic nitrogens is 1. The SMILES string of the molecule is C[C@@H]1CN(C)C(=O)C1C#Cc1cccc(Nc2ncccc2C(=N)C(N)=O)c1. The Morgan fingerprint density at radius 2 is 2.14 bits per heavy atom. The topological polar surface area (TPSA) is 112 Å². The van der Waals surface area contributed by atoms with Gasteiger partial charge < -0.3 is 16.0 Å². The number of carbonyl (C=O) groups is 2. The molecule has 0 spiro atoms. The van der Waals surface area contributed by atoms with E-state index in [0.29, 0.717) is 23.6 Å². The number of pyridine rings is 1. The number of amides is 2. The summed E-state index contributed by atoms with van der Waals surface area (Å²) >= 11 is 0. The van der Waals surface area contributed by atoms with Crippen molar-refractivity contribution < 1.29 is 9.59 Å². The molecular formula is C21H21N5O2. The van der Waals surface area contributed by atoms with Crippen LogP contribution in [-0.2, 0) is 9.59 Å². The first-order valence-electron chi connectivity index (χ1n) is 8.84. The number of hydrogen-bond donors (Lipinski definition) is 3. The molecule has 1 unspecified atom stereocenters. The number of carbonyl (C=O) groups excluding carboxylic acids is 2. The number of rotatable bonds is 4. The highest BCUT2D eigenvalue weighted by molar-refractivity contribution is 6.44. The molecule has 2 atom stereocenters. The number of nitrogens with two attached hydrogens (primary N) is 1. The first-order chi connectivity index (χ1) is 13.4. The summed E-state index contributed by atoms with van der Waals surface area (Å²) < 4.78 is 0. The van der Waals surface area contributed by atoms with Crippen molar-refractivity contribution in [2.45, 2.75) is 6.92 Å². The van der Waals surface area contributed by atoms with E-state index in [9.17, 15) is 9.59 Å². The average Bonchev–Trinajstić information content (AvgIpc) is 2.92. The molecule has 2 heterocycles. The predicted octanol–water partition coefficient (Wildman–Crippen LogP) is 1.75. The van der Waals surface area contributed by atoms with E-state index in [1.165, 1.54) is 0 Å². The molecule has 1 aromatic heterocycles. The Bertz CT molecular complexity index is 1010.